The molecule has 0 atom stereocenters. The molecule has 28 heavy (non-hydrogen) atoms. The van der Waals surface area contributed by atoms with Crippen molar-refractivity contribution in [3.63, 3.8) is 0 Å². The summed E-state index contributed by atoms with van der Waals surface area (Å²) >= 11 is 0. The molecular weight excluding hydrogens is 346 g/mol. The molecule has 3 nitrogen and oxygen atoms in total. The second kappa shape index (κ2) is 8.49. The highest BCUT2D eigenvalue weighted by molar-refractivity contribution is 5.45. The summed E-state index contributed by atoms with van der Waals surface area (Å²) < 4.78 is 12.3. The largest absolute Gasteiger partial charge is 0.485 e. The zero-order valence-corrected chi connectivity index (χ0v) is 16.1. The molecule has 1 fully saturated rings. The van der Waals surface area contributed by atoms with Crippen molar-refractivity contribution in [3.8, 4) is 11.5 Å². The van der Waals surface area contributed by atoms with Crippen LogP contribution in [0.15, 0.2) is 78.9 Å². The molecule has 1 aliphatic rings. The fraction of sp³-hybridized carbons (Fsp3) is 0.280. The van der Waals surface area contributed by atoms with Gasteiger partial charge >= 0.3 is 0 Å². The van der Waals surface area contributed by atoms with Gasteiger partial charge in [0.15, 0.2) is 11.5 Å². The van der Waals surface area contributed by atoms with Crippen molar-refractivity contribution in [2.24, 2.45) is 5.73 Å². The molecule has 144 valence electrons. The molecule has 0 radical (unpaired) electrons. The van der Waals surface area contributed by atoms with Gasteiger partial charge in [-0.05, 0) is 41.7 Å². The normalized spacial score (nSPS) is 15.3. The summed E-state index contributed by atoms with van der Waals surface area (Å²) in [7, 11) is 0. The summed E-state index contributed by atoms with van der Waals surface area (Å²) in [6.45, 7) is 1.01. The summed E-state index contributed by atoms with van der Waals surface area (Å²) in [5.74, 6) is 1.51. The lowest BCUT2D eigenvalue weighted by Crippen LogP contribution is -2.33. The zero-order chi connectivity index (χ0) is 19.2. The van der Waals surface area contributed by atoms with Crippen molar-refractivity contribution in [1.29, 1.82) is 0 Å². The Labute approximate surface area is 167 Å². The van der Waals surface area contributed by atoms with Gasteiger partial charge in [-0.25, -0.2) is 0 Å². The molecule has 0 heterocycles. The van der Waals surface area contributed by atoms with Crippen LogP contribution in [-0.4, -0.2) is 0 Å². The molecule has 0 unspecified atom stereocenters. The van der Waals surface area contributed by atoms with Gasteiger partial charge in [-0.1, -0.05) is 79.6 Å². The maximum atomic E-state index is 6.68. The molecule has 1 saturated carbocycles. The van der Waals surface area contributed by atoms with Crippen molar-refractivity contribution in [3.05, 3.63) is 95.6 Å². The van der Waals surface area contributed by atoms with Crippen LogP contribution < -0.4 is 15.2 Å². The first-order chi connectivity index (χ1) is 13.7. The monoisotopic (exact) mass is 373 g/mol. The predicted molar refractivity (Wildman–Crippen MR) is 112 cm³/mol. The highest BCUT2D eigenvalue weighted by Crippen LogP contribution is 2.40. The van der Waals surface area contributed by atoms with Crippen LogP contribution >= 0.6 is 0 Å². The van der Waals surface area contributed by atoms with Gasteiger partial charge in [0.05, 0.1) is 0 Å². The minimum atomic E-state index is -0.247. The molecule has 0 spiro atoms. The smallest absolute Gasteiger partial charge is 0.162 e. The molecule has 0 saturated heterocycles. The van der Waals surface area contributed by atoms with E-state index in [-0.39, 0.29) is 5.54 Å². The van der Waals surface area contributed by atoms with Crippen LogP contribution in [0.1, 0.15) is 42.4 Å². The molecule has 3 aromatic rings. The third kappa shape index (κ3) is 4.37. The molecule has 4 rings (SSSR count). The first-order valence-corrected chi connectivity index (χ1v) is 10.00. The minimum Gasteiger partial charge on any atom is -0.485 e. The van der Waals surface area contributed by atoms with E-state index in [1.165, 1.54) is 12.8 Å². The van der Waals surface area contributed by atoms with Crippen LogP contribution in [-0.2, 0) is 18.8 Å². The van der Waals surface area contributed by atoms with E-state index in [4.69, 9.17) is 15.2 Å². The summed E-state index contributed by atoms with van der Waals surface area (Å²) in [4.78, 5) is 0. The SMILES string of the molecule is NC1(c2ccc(OCc3ccccc3)c(OCc3ccccc3)c2)CCCC1. The molecule has 2 N–H and O–H groups in total. The number of rotatable bonds is 7. The quantitative estimate of drug-likeness (QED) is 0.588. The van der Waals surface area contributed by atoms with Gasteiger partial charge in [-0.2, -0.15) is 0 Å². The van der Waals surface area contributed by atoms with Crippen molar-refractivity contribution in [2.45, 2.75) is 44.4 Å². The Morgan fingerprint density at radius 2 is 1.21 bits per heavy atom. The lowest BCUT2D eigenvalue weighted by atomic mass is 9.89. The first kappa shape index (κ1) is 18.6. The van der Waals surface area contributed by atoms with Gasteiger partial charge in [0, 0.05) is 5.54 Å². The Morgan fingerprint density at radius 3 is 1.79 bits per heavy atom. The van der Waals surface area contributed by atoms with E-state index < -0.39 is 0 Å². The topological polar surface area (TPSA) is 44.5 Å². The average molecular weight is 373 g/mol. The highest BCUT2D eigenvalue weighted by Gasteiger charge is 2.32. The number of hydrogen-bond donors (Lipinski definition) is 1. The van der Waals surface area contributed by atoms with E-state index in [1.54, 1.807) is 0 Å². The van der Waals surface area contributed by atoms with Crippen molar-refractivity contribution >= 4 is 0 Å². The number of nitrogens with two attached hydrogens (primary N) is 1. The maximum Gasteiger partial charge on any atom is 0.162 e. The molecule has 0 amide bonds. The molecule has 0 aliphatic heterocycles. The minimum absolute atomic E-state index is 0.247. The van der Waals surface area contributed by atoms with Crippen LogP contribution in [0.5, 0.6) is 11.5 Å². The van der Waals surface area contributed by atoms with Crippen molar-refractivity contribution in [2.75, 3.05) is 0 Å². The Balaban J connectivity index is 1.56. The fourth-order valence-corrected chi connectivity index (χ4v) is 3.82. The fourth-order valence-electron chi connectivity index (χ4n) is 3.82. The maximum absolute atomic E-state index is 6.68. The van der Waals surface area contributed by atoms with E-state index in [2.05, 4.69) is 36.4 Å². The van der Waals surface area contributed by atoms with Crippen LogP contribution in [0.25, 0.3) is 0 Å². The van der Waals surface area contributed by atoms with E-state index in [9.17, 15) is 0 Å². The summed E-state index contributed by atoms with van der Waals surface area (Å²) in [5, 5.41) is 0. The van der Waals surface area contributed by atoms with E-state index in [0.29, 0.717) is 13.2 Å². The van der Waals surface area contributed by atoms with Crippen molar-refractivity contribution < 1.29 is 9.47 Å². The first-order valence-electron chi connectivity index (χ1n) is 10.00. The molecule has 1 aliphatic carbocycles. The lowest BCUT2D eigenvalue weighted by molar-refractivity contribution is 0.255. The second-order valence-corrected chi connectivity index (χ2v) is 7.57. The molecule has 0 aromatic heterocycles. The van der Waals surface area contributed by atoms with Crippen LogP contribution in [0.2, 0.25) is 0 Å². The van der Waals surface area contributed by atoms with Gasteiger partial charge in [0.2, 0.25) is 0 Å². The average Bonchev–Trinajstić information content (AvgIpc) is 3.20. The standard InChI is InChI=1S/C25H27NO2/c26-25(15-7-8-16-25)22-13-14-23(27-18-20-9-3-1-4-10-20)24(17-22)28-19-21-11-5-2-6-12-21/h1-6,9-14,17H,7-8,15-16,18-19,26H2. The van der Waals surface area contributed by atoms with Crippen LogP contribution in [0.4, 0.5) is 0 Å². The molecule has 3 heteroatoms. The van der Waals surface area contributed by atoms with Gasteiger partial charge in [-0.15, -0.1) is 0 Å². The lowest BCUT2D eigenvalue weighted by Gasteiger charge is -2.25. The van der Waals surface area contributed by atoms with E-state index >= 15 is 0 Å². The number of ether oxygens (including phenoxy) is 2. The van der Waals surface area contributed by atoms with Gasteiger partial charge in [0.1, 0.15) is 13.2 Å². The zero-order valence-electron chi connectivity index (χ0n) is 16.1. The molecule has 3 aromatic carbocycles. The summed E-state index contributed by atoms with van der Waals surface area (Å²) in [6.07, 6.45) is 4.41. The number of benzene rings is 3. The molecule has 0 bridgehead atoms. The van der Waals surface area contributed by atoms with Crippen LogP contribution in [0, 0.1) is 0 Å². The van der Waals surface area contributed by atoms with E-state index in [0.717, 1.165) is 41.0 Å². The third-order valence-electron chi connectivity index (χ3n) is 5.49. The summed E-state index contributed by atoms with van der Waals surface area (Å²) in [5.41, 5.74) is 9.83. The Kier molecular flexibility index (Phi) is 5.63. The third-order valence-corrected chi connectivity index (χ3v) is 5.49. The van der Waals surface area contributed by atoms with E-state index in [1.807, 2.05) is 42.5 Å². The van der Waals surface area contributed by atoms with Gasteiger partial charge < -0.3 is 15.2 Å². The van der Waals surface area contributed by atoms with Crippen LogP contribution in [0.3, 0.4) is 0 Å². The summed E-state index contributed by atoms with van der Waals surface area (Å²) in [6, 6.07) is 26.5. The van der Waals surface area contributed by atoms with Gasteiger partial charge in [-0.3, -0.25) is 0 Å². The predicted octanol–water partition coefficient (Wildman–Crippen LogP) is 5.57. The Morgan fingerprint density at radius 1 is 0.679 bits per heavy atom. The van der Waals surface area contributed by atoms with Gasteiger partial charge in [0.25, 0.3) is 0 Å². The Hall–Kier alpha value is -2.78. The second-order valence-electron chi connectivity index (χ2n) is 7.57. The molecular formula is C25H27NO2. The number of hydrogen-bond acceptors (Lipinski definition) is 3. The van der Waals surface area contributed by atoms with Crippen molar-refractivity contribution in [1.82, 2.24) is 0 Å². The Bertz CT molecular complexity index is 887. The highest BCUT2D eigenvalue weighted by atomic mass is 16.5.